The fraction of sp³-hybridized carbons (Fsp3) is 0.417. The van der Waals surface area contributed by atoms with Crippen LogP contribution in [0.1, 0.15) is 5.56 Å². The van der Waals surface area contributed by atoms with Crippen LogP contribution >= 0.6 is 0 Å². The second-order valence-electron chi connectivity index (χ2n) is 3.45. The van der Waals surface area contributed by atoms with Crippen molar-refractivity contribution in [2.24, 2.45) is 0 Å². The van der Waals surface area contributed by atoms with Crippen LogP contribution in [0, 0.1) is 0 Å². The van der Waals surface area contributed by atoms with Crippen LogP contribution in [0.2, 0.25) is 0 Å². The molecule has 1 aromatic rings. The molecule has 0 spiro atoms. The van der Waals surface area contributed by atoms with Crippen LogP contribution in [0.5, 0.6) is 0 Å². The van der Waals surface area contributed by atoms with Crippen LogP contribution in [0.3, 0.4) is 0 Å². The highest BCUT2D eigenvalue weighted by molar-refractivity contribution is 5.91. The largest absolute Gasteiger partial charge is 0.392 e. The first-order chi connectivity index (χ1) is 8.26. The summed E-state index contributed by atoms with van der Waals surface area (Å²) in [6, 6.07) is 6.97. The number of ether oxygens (including phenoxy) is 2. The molecule has 0 saturated carbocycles. The molecular weight excluding hydrogens is 222 g/mol. The minimum atomic E-state index is -0.210. The molecule has 0 aliphatic heterocycles. The SMILES string of the molecule is COCCOCC(=O)Nc1ccc(CO)cc1. The molecule has 0 heterocycles. The molecule has 5 nitrogen and oxygen atoms in total. The zero-order valence-corrected chi connectivity index (χ0v) is 9.81. The monoisotopic (exact) mass is 239 g/mol. The van der Waals surface area contributed by atoms with E-state index in [4.69, 9.17) is 14.6 Å². The molecule has 0 aromatic heterocycles. The van der Waals surface area contributed by atoms with Crippen molar-refractivity contribution < 1.29 is 19.4 Å². The number of carbonyl (C=O) groups is 1. The molecule has 0 aliphatic rings. The van der Waals surface area contributed by atoms with E-state index in [0.717, 1.165) is 5.56 Å². The second-order valence-corrected chi connectivity index (χ2v) is 3.45. The molecular formula is C12H17NO4. The molecule has 0 bridgehead atoms. The third-order valence-corrected chi connectivity index (χ3v) is 2.09. The fourth-order valence-corrected chi connectivity index (χ4v) is 1.20. The standard InChI is InChI=1S/C12H17NO4/c1-16-6-7-17-9-12(15)13-11-4-2-10(8-14)3-5-11/h2-5,14H,6-9H2,1H3,(H,13,15). The maximum Gasteiger partial charge on any atom is 0.250 e. The Kier molecular flexibility index (Phi) is 6.24. The van der Waals surface area contributed by atoms with Crippen molar-refractivity contribution in [2.75, 3.05) is 32.2 Å². The van der Waals surface area contributed by atoms with Gasteiger partial charge < -0.3 is 19.9 Å². The van der Waals surface area contributed by atoms with E-state index < -0.39 is 0 Å². The van der Waals surface area contributed by atoms with Crippen molar-refractivity contribution in [3.05, 3.63) is 29.8 Å². The predicted octanol–water partition coefficient (Wildman–Crippen LogP) is 0.780. The third kappa shape index (κ3) is 5.44. The maximum absolute atomic E-state index is 11.4. The van der Waals surface area contributed by atoms with Gasteiger partial charge in [0.2, 0.25) is 5.91 Å². The number of carbonyl (C=O) groups excluding carboxylic acids is 1. The molecule has 0 saturated heterocycles. The lowest BCUT2D eigenvalue weighted by Crippen LogP contribution is -2.19. The van der Waals surface area contributed by atoms with Crippen LogP contribution in [-0.4, -0.2) is 37.9 Å². The molecule has 17 heavy (non-hydrogen) atoms. The van der Waals surface area contributed by atoms with Gasteiger partial charge in [-0.1, -0.05) is 12.1 Å². The van der Waals surface area contributed by atoms with Crippen molar-refractivity contribution in [3.8, 4) is 0 Å². The highest BCUT2D eigenvalue weighted by Crippen LogP contribution is 2.09. The van der Waals surface area contributed by atoms with E-state index in [0.29, 0.717) is 18.9 Å². The zero-order valence-electron chi connectivity index (χ0n) is 9.81. The first-order valence-electron chi connectivity index (χ1n) is 5.32. The number of methoxy groups -OCH3 is 1. The highest BCUT2D eigenvalue weighted by atomic mass is 16.5. The lowest BCUT2D eigenvalue weighted by Gasteiger charge is -2.06. The van der Waals surface area contributed by atoms with Gasteiger partial charge in [-0.25, -0.2) is 0 Å². The number of rotatable bonds is 7. The number of amides is 1. The third-order valence-electron chi connectivity index (χ3n) is 2.09. The predicted molar refractivity (Wildman–Crippen MR) is 63.7 cm³/mol. The maximum atomic E-state index is 11.4. The summed E-state index contributed by atoms with van der Waals surface area (Å²) in [5.74, 6) is -0.210. The van der Waals surface area contributed by atoms with Crippen molar-refractivity contribution in [1.82, 2.24) is 0 Å². The Bertz CT molecular complexity index is 337. The van der Waals surface area contributed by atoms with E-state index in [1.54, 1.807) is 31.4 Å². The average Bonchev–Trinajstić information content (AvgIpc) is 2.36. The Balaban J connectivity index is 2.29. The van der Waals surface area contributed by atoms with Gasteiger partial charge in [-0.05, 0) is 17.7 Å². The molecule has 0 fully saturated rings. The Labute approximate surface area is 100 Å². The summed E-state index contributed by atoms with van der Waals surface area (Å²) in [6.45, 7) is 0.866. The molecule has 1 amide bonds. The van der Waals surface area contributed by atoms with Crippen molar-refractivity contribution >= 4 is 11.6 Å². The van der Waals surface area contributed by atoms with Crippen molar-refractivity contribution in [3.63, 3.8) is 0 Å². The lowest BCUT2D eigenvalue weighted by molar-refractivity contribution is -0.121. The highest BCUT2D eigenvalue weighted by Gasteiger charge is 2.02. The van der Waals surface area contributed by atoms with Crippen LogP contribution in [0.4, 0.5) is 5.69 Å². The molecule has 1 aromatic carbocycles. The van der Waals surface area contributed by atoms with Gasteiger partial charge in [0.05, 0.1) is 19.8 Å². The van der Waals surface area contributed by atoms with E-state index in [-0.39, 0.29) is 19.1 Å². The first kappa shape index (κ1) is 13.6. The van der Waals surface area contributed by atoms with E-state index in [2.05, 4.69) is 5.32 Å². The Morgan fingerprint density at radius 1 is 1.29 bits per heavy atom. The molecule has 94 valence electrons. The summed E-state index contributed by atoms with van der Waals surface area (Å²) < 4.78 is 9.86. The summed E-state index contributed by atoms with van der Waals surface area (Å²) in [5, 5.41) is 11.5. The smallest absolute Gasteiger partial charge is 0.250 e. The summed E-state index contributed by atoms with van der Waals surface area (Å²) >= 11 is 0. The number of aliphatic hydroxyl groups excluding tert-OH is 1. The number of hydrogen-bond donors (Lipinski definition) is 2. The fourth-order valence-electron chi connectivity index (χ4n) is 1.20. The van der Waals surface area contributed by atoms with Crippen LogP contribution in [0.25, 0.3) is 0 Å². The number of anilines is 1. The number of hydrogen-bond acceptors (Lipinski definition) is 4. The van der Waals surface area contributed by atoms with Gasteiger partial charge in [0.15, 0.2) is 0 Å². The molecule has 5 heteroatoms. The summed E-state index contributed by atoms with van der Waals surface area (Å²) in [6.07, 6.45) is 0. The lowest BCUT2D eigenvalue weighted by atomic mass is 10.2. The molecule has 2 N–H and O–H groups in total. The van der Waals surface area contributed by atoms with Crippen LogP contribution < -0.4 is 5.32 Å². The van der Waals surface area contributed by atoms with Crippen LogP contribution in [-0.2, 0) is 20.9 Å². The van der Waals surface area contributed by atoms with Gasteiger partial charge >= 0.3 is 0 Å². The average molecular weight is 239 g/mol. The molecule has 0 radical (unpaired) electrons. The Morgan fingerprint density at radius 2 is 2.00 bits per heavy atom. The molecule has 0 aliphatic carbocycles. The quantitative estimate of drug-likeness (QED) is 0.690. The van der Waals surface area contributed by atoms with Crippen molar-refractivity contribution in [2.45, 2.75) is 6.61 Å². The number of benzene rings is 1. The van der Waals surface area contributed by atoms with Crippen LogP contribution in [0.15, 0.2) is 24.3 Å². The van der Waals surface area contributed by atoms with Gasteiger partial charge in [0.1, 0.15) is 6.61 Å². The number of nitrogens with one attached hydrogen (secondary N) is 1. The van der Waals surface area contributed by atoms with Crippen molar-refractivity contribution in [1.29, 1.82) is 0 Å². The van der Waals surface area contributed by atoms with E-state index >= 15 is 0 Å². The summed E-state index contributed by atoms with van der Waals surface area (Å²) in [7, 11) is 1.58. The van der Waals surface area contributed by atoms with Gasteiger partial charge in [-0.15, -0.1) is 0 Å². The minimum absolute atomic E-state index is 0.00507. The summed E-state index contributed by atoms with van der Waals surface area (Å²) in [5.41, 5.74) is 1.49. The molecule has 1 rings (SSSR count). The van der Waals surface area contributed by atoms with Gasteiger partial charge in [-0.2, -0.15) is 0 Å². The molecule has 0 atom stereocenters. The number of aliphatic hydroxyl groups is 1. The second kappa shape index (κ2) is 7.78. The van der Waals surface area contributed by atoms with Gasteiger partial charge in [-0.3, -0.25) is 4.79 Å². The van der Waals surface area contributed by atoms with E-state index in [9.17, 15) is 4.79 Å². The summed E-state index contributed by atoms with van der Waals surface area (Å²) in [4.78, 5) is 11.4. The zero-order chi connectivity index (χ0) is 12.5. The van der Waals surface area contributed by atoms with Gasteiger partial charge in [0, 0.05) is 12.8 Å². The van der Waals surface area contributed by atoms with Gasteiger partial charge in [0.25, 0.3) is 0 Å². The Hall–Kier alpha value is -1.43. The minimum Gasteiger partial charge on any atom is -0.392 e. The Morgan fingerprint density at radius 3 is 2.59 bits per heavy atom. The van der Waals surface area contributed by atoms with E-state index in [1.807, 2.05) is 0 Å². The van der Waals surface area contributed by atoms with E-state index in [1.165, 1.54) is 0 Å². The topological polar surface area (TPSA) is 67.8 Å². The first-order valence-corrected chi connectivity index (χ1v) is 5.32. The normalized spacial score (nSPS) is 10.2. The molecule has 0 unspecified atom stereocenters.